The molecule has 2 heteroatoms. The van der Waals surface area contributed by atoms with Crippen LogP contribution in [0, 0.1) is 45.0 Å². The van der Waals surface area contributed by atoms with Crippen molar-refractivity contribution in [2.24, 2.45) is 0 Å². The summed E-state index contributed by atoms with van der Waals surface area (Å²) < 4.78 is 0. The molecule has 1 atom stereocenters. The molecule has 0 saturated carbocycles. The fourth-order valence-electron chi connectivity index (χ4n) is 1.42. The fraction of sp³-hybridized carbons (Fsp3) is 0.750. The Morgan fingerprint density at radius 2 is 2.20 bits per heavy atom. The van der Waals surface area contributed by atoms with Gasteiger partial charge >= 0.3 is 31.1 Å². The van der Waals surface area contributed by atoms with Crippen molar-refractivity contribution in [2.45, 2.75) is 31.2 Å². The molecule has 1 aliphatic rings. The van der Waals surface area contributed by atoms with E-state index in [1.54, 1.807) is 0 Å². The summed E-state index contributed by atoms with van der Waals surface area (Å²) >= 11 is 0. The van der Waals surface area contributed by atoms with Crippen molar-refractivity contribution in [3.05, 3.63) is 13.8 Å². The third kappa shape index (κ3) is 2.95. The molecule has 0 aromatic heterocycles. The predicted octanol–water partition coefficient (Wildman–Crippen LogP) is 1.56. The molecule has 1 nitrogen and oxygen atoms in total. The van der Waals surface area contributed by atoms with Gasteiger partial charge in [-0.1, -0.05) is 12.8 Å². The van der Waals surface area contributed by atoms with Crippen molar-refractivity contribution in [2.75, 3.05) is 6.54 Å². The molecule has 0 radical (unpaired) electrons. The first-order valence-corrected chi connectivity index (χ1v) is 3.66. The van der Waals surface area contributed by atoms with Gasteiger partial charge in [0.1, 0.15) is 0 Å². The summed E-state index contributed by atoms with van der Waals surface area (Å²) in [7, 11) is 0. The molecule has 56 valence electrons. The topological polar surface area (TPSA) is 12.0 Å². The quantitative estimate of drug-likeness (QED) is 0.735. The molecule has 1 N–H and O–H groups in total. The van der Waals surface area contributed by atoms with Crippen LogP contribution in [0.4, 0.5) is 0 Å². The summed E-state index contributed by atoms with van der Waals surface area (Å²) in [6.07, 6.45) is 4.62. The van der Waals surface area contributed by atoms with Gasteiger partial charge in [0.25, 0.3) is 0 Å². The molecule has 1 unspecified atom stereocenters. The van der Waals surface area contributed by atoms with Crippen molar-refractivity contribution >= 4 is 0 Å². The van der Waals surface area contributed by atoms with E-state index in [2.05, 4.69) is 19.2 Å². The van der Waals surface area contributed by atoms with E-state index in [1.807, 2.05) is 0 Å². The van der Waals surface area contributed by atoms with E-state index in [4.69, 9.17) is 0 Å². The summed E-state index contributed by atoms with van der Waals surface area (Å²) in [5, 5.41) is 3.38. The third-order valence-electron chi connectivity index (χ3n) is 1.99. The summed E-state index contributed by atoms with van der Waals surface area (Å²) in [4.78, 5) is 0. The van der Waals surface area contributed by atoms with Gasteiger partial charge in [0.05, 0.1) is 0 Å². The first kappa shape index (κ1) is 11.0. The van der Waals surface area contributed by atoms with E-state index in [1.165, 1.54) is 12.8 Å². The molecule has 1 saturated heterocycles. The van der Waals surface area contributed by atoms with Gasteiger partial charge in [-0.05, 0) is 13.0 Å². The van der Waals surface area contributed by atoms with Crippen LogP contribution in [0.2, 0.25) is 0 Å². The molecule has 10 heavy (non-hydrogen) atoms. The van der Waals surface area contributed by atoms with Crippen molar-refractivity contribution in [1.29, 1.82) is 0 Å². The number of rotatable bonds is 2. The average molecular weight is 363 g/mol. The van der Waals surface area contributed by atoms with Crippen LogP contribution in [0.1, 0.15) is 25.7 Å². The number of hydrogen-bond acceptors (Lipinski definition) is 1. The van der Waals surface area contributed by atoms with E-state index in [0.717, 1.165) is 19.4 Å². The van der Waals surface area contributed by atoms with Crippen LogP contribution < -0.4 is 5.32 Å². The maximum atomic E-state index is 4.11. The minimum absolute atomic E-state index is 0. The molecule has 1 rings (SSSR count). The monoisotopic (exact) mass is 363 g/mol. The van der Waals surface area contributed by atoms with Gasteiger partial charge in [-0.15, -0.1) is 5.54 Å². The van der Waals surface area contributed by atoms with E-state index in [-0.39, 0.29) is 36.7 Å². The normalized spacial score (nSPS) is 31.8. The Kier molecular flexibility index (Phi) is 5.29. The summed E-state index contributed by atoms with van der Waals surface area (Å²) in [6, 6.07) is 0. The second-order valence-corrected chi connectivity index (χ2v) is 2.91. The maximum absolute atomic E-state index is 4.11. The molecule has 1 heterocycles. The van der Waals surface area contributed by atoms with E-state index in [0.29, 0.717) is 0 Å². The van der Waals surface area contributed by atoms with Crippen LogP contribution in [0.25, 0.3) is 0 Å². The molecule has 1 fully saturated rings. The minimum atomic E-state index is 0. The molecule has 0 spiro atoms. The largest absolute Gasteiger partial charge is 2.00 e. The van der Waals surface area contributed by atoms with Gasteiger partial charge in [-0.3, -0.25) is 0 Å². The average Bonchev–Trinajstić information content (AvgIpc) is 2.16. The second-order valence-electron chi connectivity index (χ2n) is 2.91. The van der Waals surface area contributed by atoms with Crippen LogP contribution in [0.3, 0.4) is 0 Å². The Labute approximate surface area is 87.7 Å². The molecular weight excluding hydrogens is 348 g/mol. The molecule has 1 aliphatic heterocycles. The Balaban J connectivity index is 0.000000810. The molecule has 0 bridgehead atoms. The number of nitrogens with one attached hydrogen (secondary N) is 1. The second kappa shape index (κ2) is 4.80. The van der Waals surface area contributed by atoms with Gasteiger partial charge < -0.3 is 19.2 Å². The van der Waals surface area contributed by atoms with Crippen LogP contribution in [-0.2, 0) is 0 Å². The SMILES string of the molecule is [CH2-]CCC1([CH2-])CCCN1.[U+2]. The molecule has 0 aromatic rings. The van der Waals surface area contributed by atoms with Crippen LogP contribution >= 0.6 is 0 Å². The Hall–Kier alpha value is 1.01. The predicted molar refractivity (Wildman–Crippen MR) is 39.9 cm³/mol. The van der Waals surface area contributed by atoms with Gasteiger partial charge in [0.15, 0.2) is 0 Å². The first-order chi connectivity index (χ1) is 4.27. The number of hydrogen-bond donors (Lipinski definition) is 1. The van der Waals surface area contributed by atoms with Gasteiger partial charge in [0.2, 0.25) is 0 Å². The summed E-state index contributed by atoms with van der Waals surface area (Å²) in [6.45, 7) is 9.06. The van der Waals surface area contributed by atoms with Crippen molar-refractivity contribution in [3.63, 3.8) is 0 Å². The zero-order valence-electron chi connectivity index (χ0n) is 6.45. The van der Waals surface area contributed by atoms with Crippen molar-refractivity contribution < 1.29 is 31.1 Å². The molecule has 0 amide bonds. The van der Waals surface area contributed by atoms with E-state index in [9.17, 15) is 0 Å². The van der Waals surface area contributed by atoms with Crippen molar-refractivity contribution in [3.8, 4) is 0 Å². The summed E-state index contributed by atoms with van der Waals surface area (Å²) in [5.41, 5.74) is 0.182. The van der Waals surface area contributed by atoms with Gasteiger partial charge in [0, 0.05) is 0 Å². The van der Waals surface area contributed by atoms with Crippen LogP contribution in [0.5, 0.6) is 0 Å². The molecular formula is C8H15NU. The first-order valence-electron chi connectivity index (χ1n) is 3.66. The smallest absolute Gasteiger partial charge is 0.343 e. The van der Waals surface area contributed by atoms with E-state index >= 15 is 0 Å². The van der Waals surface area contributed by atoms with Gasteiger partial charge in [-0.25, -0.2) is 0 Å². The van der Waals surface area contributed by atoms with Crippen molar-refractivity contribution in [1.82, 2.24) is 5.32 Å². The standard InChI is InChI=1S/C8H15N.U/c1-3-5-8(2)6-4-7-9-8;/h9H,1-7H2;/q-2;+2. The van der Waals surface area contributed by atoms with Crippen LogP contribution in [0.15, 0.2) is 0 Å². The van der Waals surface area contributed by atoms with Crippen LogP contribution in [-0.4, -0.2) is 12.1 Å². The molecule has 0 aliphatic carbocycles. The third-order valence-corrected chi connectivity index (χ3v) is 1.99. The summed E-state index contributed by atoms with van der Waals surface area (Å²) in [5.74, 6) is 0. The zero-order valence-corrected chi connectivity index (χ0v) is 10.6. The van der Waals surface area contributed by atoms with E-state index < -0.39 is 0 Å². The zero-order chi connectivity index (χ0) is 6.74. The maximum Gasteiger partial charge on any atom is 2.00 e. The Bertz CT molecular complexity index is 87.3. The molecule has 0 aromatic carbocycles. The Morgan fingerprint density at radius 1 is 1.50 bits per heavy atom. The fourth-order valence-corrected chi connectivity index (χ4v) is 1.42. The minimum Gasteiger partial charge on any atom is -0.343 e. The van der Waals surface area contributed by atoms with Gasteiger partial charge in [-0.2, -0.15) is 6.42 Å². The Morgan fingerprint density at radius 3 is 2.60 bits per heavy atom.